The Morgan fingerprint density at radius 2 is 1.89 bits per heavy atom. The van der Waals surface area contributed by atoms with Crippen molar-refractivity contribution in [3.8, 4) is 0 Å². The summed E-state index contributed by atoms with van der Waals surface area (Å²) in [4.78, 5) is 22.4. The zero-order valence-corrected chi connectivity index (χ0v) is 21.4. The van der Waals surface area contributed by atoms with E-state index >= 15 is 0 Å². The number of para-hydroxylation sites is 1. The molecule has 2 aromatic heterocycles. The highest BCUT2D eigenvalue weighted by Gasteiger charge is 2.20. The molecular weight excluding hydrogens is 462 g/mol. The number of imidazole rings is 1. The summed E-state index contributed by atoms with van der Waals surface area (Å²) in [6.45, 7) is 4.80. The summed E-state index contributed by atoms with van der Waals surface area (Å²) >= 11 is 0. The minimum Gasteiger partial charge on any atom is -0.328 e. The van der Waals surface area contributed by atoms with Crippen LogP contribution in [0.4, 0.5) is 5.69 Å². The van der Waals surface area contributed by atoms with Crippen LogP contribution in [0.1, 0.15) is 37.7 Å². The van der Waals surface area contributed by atoms with Crippen LogP contribution >= 0.6 is 0 Å². The van der Waals surface area contributed by atoms with Gasteiger partial charge in [-0.05, 0) is 43.7 Å². The summed E-state index contributed by atoms with van der Waals surface area (Å²) in [5.74, 6) is 0.653. The van der Waals surface area contributed by atoms with Gasteiger partial charge in [-0.1, -0.05) is 31.5 Å². The molecule has 0 saturated carbocycles. The maximum atomic E-state index is 12.9. The Morgan fingerprint density at radius 1 is 1.09 bits per heavy atom. The van der Waals surface area contributed by atoms with Crippen LogP contribution in [0.15, 0.2) is 53.4 Å². The molecule has 0 saturated heterocycles. The predicted molar refractivity (Wildman–Crippen MR) is 139 cm³/mol. The molecular formula is C26H31N5O3S. The maximum Gasteiger partial charge on any atom is 0.242 e. The van der Waals surface area contributed by atoms with Crippen molar-refractivity contribution in [3.05, 3.63) is 60.0 Å². The lowest BCUT2D eigenvalue weighted by Gasteiger charge is -2.12. The number of aryl methyl sites for hydroxylation is 3. The molecule has 9 heteroatoms. The molecule has 0 spiro atoms. The summed E-state index contributed by atoms with van der Waals surface area (Å²) in [6.07, 6.45) is 2.67. The number of unbranched alkanes of at least 4 members (excludes halogenated alkanes) is 1. The van der Waals surface area contributed by atoms with Gasteiger partial charge in [0.25, 0.3) is 0 Å². The number of nitrogens with zero attached hydrogens (tertiary/aromatic N) is 4. The van der Waals surface area contributed by atoms with E-state index < -0.39 is 10.0 Å². The van der Waals surface area contributed by atoms with Crippen LogP contribution in [0.2, 0.25) is 0 Å². The van der Waals surface area contributed by atoms with E-state index in [9.17, 15) is 13.2 Å². The van der Waals surface area contributed by atoms with E-state index in [1.165, 1.54) is 18.4 Å². The SMILES string of the molecule is CCCCn1c(CCC(=O)Nc2cccc3ccc(C)nc23)nc2cc(S(=O)(=O)N(C)C)ccc21. The number of hydrogen-bond donors (Lipinski definition) is 1. The number of anilines is 1. The van der Waals surface area contributed by atoms with Gasteiger partial charge in [-0.2, -0.15) is 0 Å². The summed E-state index contributed by atoms with van der Waals surface area (Å²) in [6, 6.07) is 14.7. The first-order chi connectivity index (χ1) is 16.7. The molecule has 2 aromatic carbocycles. The minimum absolute atomic E-state index is 0.120. The molecule has 8 nitrogen and oxygen atoms in total. The van der Waals surface area contributed by atoms with Gasteiger partial charge in [-0.25, -0.2) is 17.7 Å². The van der Waals surface area contributed by atoms with Gasteiger partial charge in [0.05, 0.1) is 27.1 Å². The Kier molecular flexibility index (Phi) is 7.18. The van der Waals surface area contributed by atoms with Crippen molar-refractivity contribution in [3.63, 3.8) is 0 Å². The van der Waals surface area contributed by atoms with Crippen LogP contribution in [-0.2, 0) is 27.8 Å². The first-order valence-electron chi connectivity index (χ1n) is 11.8. The average molecular weight is 494 g/mol. The molecule has 184 valence electrons. The van der Waals surface area contributed by atoms with Gasteiger partial charge in [0.15, 0.2) is 0 Å². The third-order valence-electron chi connectivity index (χ3n) is 6.02. The molecule has 2 heterocycles. The predicted octanol–water partition coefficient (Wildman–Crippen LogP) is 4.51. The topological polar surface area (TPSA) is 97.2 Å². The summed E-state index contributed by atoms with van der Waals surface area (Å²) in [7, 11) is -0.536. The second-order valence-corrected chi connectivity index (χ2v) is 11.0. The second-order valence-electron chi connectivity index (χ2n) is 8.85. The third kappa shape index (κ3) is 5.21. The van der Waals surface area contributed by atoms with E-state index in [-0.39, 0.29) is 17.2 Å². The van der Waals surface area contributed by atoms with Crippen molar-refractivity contribution in [2.45, 2.75) is 51.0 Å². The number of sulfonamides is 1. The highest BCUT2D eigenvalue weighted by molar-refractivity contribution is 7.89. The number of amides is 1. The van der Waals surface area contributed by atoms with E-state index in [4.69, 9.17) is 4.98 Å². The lowest BCUT2D eigenvalue weighted by atomic mass is 10.1. The van der Waals surface area contributed by atoms with Crippen molar-refractivity contribution >= 4 is 43.6 Å². The van der Waals surface area contributed by atoms with E-state index in [0.29, 0.717) is 17.6 Å². The number of rotatable bonds is 9. The highest BCUT2D eigenvalue weighted by Crippen LogP contribution is 2.25. The normalized spacial score (nSPS) is 12.0. The Hall–Kier alpha value is -3.30. The van der Waals surface area contributed by atoms with Crippen molar-refractivity contribution < 1.29 is 13.2 Å². The Labute approximate surface area is 206 Å². The first-order valence-corrected chi connectivity index (χ1v) is 13.2. The zero-order chi connectivity index (χ0) is 25.2. The van der Waals surface area contributed by atoms with E-state index in [1.54, 1.807) is 12.1 Å². The smallest absolute Gasteiger partial charge is 0.242 e. The van der Waals surface area contributed by atoms with Crippen LogP contribution in [0.25, 0.3) is 21.9 Å². The number of carbonyl (C=O) groups is 1. The first kappa shape index (κ1) is 24.8. The molecule has 0 fully saturated rings. The molecule has 0 radical (unpaired) electrons. The number of nitrogens with one attached hydrogen (secondary N) is 1. The molecule has 0 aliphatic carbocycles. The van der Waals surface area contributed by atoms with Gasteiger partial charge in [0.1, 0.15) is 5.82 Å². The number of hydrogen-bond acceptors (Lipinski definition) is 5. The lowest BCUT2D eigenvalue weighted by molar-refractivity contribution is -0.116. The van der Waals surface area contributed by atoms with Crippen molar-refractivity contribution in [1.82, 2.24) is 18.8 Å². The molecule has 0 atom stereocenters. The van der Waals surface area contributed by atoms with Gasteiger partial charge >= 0.3 is 0 Å². The molecule has 0 bridgehead atoms. The van der Waals surface area contributed by atoms with Gasteiger partial charge in [0, 0.05) is 44.6 Å². The van der Waals surface area contributed by atoms with E-state index in [1.807, 2.05) is 43.3 Å². The van der Waals surface area contributed by atoms with Crippen LogP contribution in [-0.4, -0.2) is 47.3 Å². The Balaban J connectivity index is 1.58. The fraction of sp³-hybridized carbons (Fsp3) is 0.346. The highest BCUT2D eigenvalue weighted by atomic mass is 32.2. The van der Waals surface area contributed by atoms with Crippen molar-refractivity contribution in [1.29, 1.82) is 0 Å². The fourth-order valence-corrected chi connectivity index (χ4v) is 4.99. The molecule has 4 aromatic rings. The van der Waals surface area contributed by atoms with Gasteiger partial charge < -0.3 is 9.88 Å². The molecule has 0 unspecified atom stereocenters. The number of aromatic nitrogens is 3. The van der Waals surface area contributed by atoms with Gasteiger partial charge in [0.2, 0.25) is 15.9 Å². The van der Waals surface area contributed by atoms with E-state index in [2.05, 4.69) is 21.8 Å². The standard InChI is InChI=1S/C26H31N5O3S/c1-5-6-16-31-23-13-12-20(35(33,34)30(3)4)17-22(23)28-24(31)14-15-25(32)29-21-9-7-8-19-11-10-18(2)27-26(19)21/h7-13,17H,5-6,14-16H2,1-4H3,(H,29,32). The number of carbonyl (C=O) groups excluding carboxylic acids is 1. The molecule has 0 aliphatic heterocycles. The number of pyridine rings is 1. The summed E-state index contributed by atoms with van der Waals surface area (Å²) in [5.41, 5.74) is 3.84. The van der Waals surface area contributed by atoms with E-state index in [0.717, 1.165) is 47.3 Å². The molecule has 0 aliphatic rings. The van der Waals surface area contributed by atoms with Gasteiger partial charge in [-0.3, -0.25) is 9.78 Å². The van der Waals surface area contributed by atoms with Crippen LogP contribution < -0.4 is 5.32 Å². The number of benzene rings is 2. The number of fused-ring (bicyclic) bond motifs is 2. The van der Waals surface area contributed by atoms with Crippen LogP contribution in [0.5, 0.6) is 0 Å². The second kappa shape index (κ2) is 10.1. The Morgan fingerprint density at radius 3 is 2.63 bits per heavy atom. The zero-order valence-electron chi connectivity index (χ0n) is 20.6. The average Bonchev–Trinajstić information content (AvgIpc) is 3.18. The molecule has 35 heavy (non-hydrogen) atoms. The maximum absolute atomic E-state index is 12.9. The Bertz CT molecular complexity index is 1490. The molecule has 1 amide bonds. The molecule has 4 rings (SSSR count). The summed E-state index contributed by atoms with van der Waals surface area (Å²) in [5, 5.41) is 3.97. The quantitative estimate of drug-likeness (QED) is 0.370. The van der Waals surface area contributed by atoms with Crippen LogP contribution in [0.3, 0.4) is 0 Å². The largest absolute Gasteiger partial charge is 0.328 e. The fourth-order valence-electron chi connectivity index (χ4n) is 4.07. The monoisotopic (exact) mass is 493 g/mol. The third-order valence-corrected chi connectivity index (χ3v) is 7.83. The molecule has 1 N–H and O–H groups in total. The lowest BCUT2D eigenvalue weighted by Crippen LogP contribution is -2.22. The van der Waals surface area contributed by atoms with Gasteiger partial charge in [-0.15, -0.1) is 0 Å². The summed E-state index contributed by atoms with van der Waals surface area (Å²) < 4.78 is 28.4. The van der Waals surface area contributed by atoms with Crippen molar-refractivity contribution in [2.75, 3.05) is 19.4 Å². The van der Waals surface area contributed by atoms with Crippen LogP contribution in [0, 0.1) is 6.92 Å². The van der Waals surface area contributed by atoms with Crippen molar-refractivity contribution in [2.24, 2.45) is 0 Å². The minimum atomic E-state index is -3.56.